The predicted octanol–water partition coefficient (Wildman–Crippen LogP) is 3.90. The number of aromatic nitrogens is 1. The summed E-state index contributed by atoms with van der Waals surface area (Å²) in [5.41, 5.74) is 2.72. The molecule has 0 spiro atoms. The van der Waals surface area contributed by atoms with Crippen molar-refractivity contribution in [2.45, 2.75) is 26.3 Å². The summed E-state index contributed by atoms with van der Waals surface area (Å²) in [4.78, 5) is 29.0. The average Bonchev–Trinajstić information content (AvgIpc) is 3.01. The molecule has 0 saturated heterocycles. The summed E-state index contributed by atoms with van der Waals surface area (Å²) < 4.78 is 7.41. The smallest absolute Gasteiger partial charge is 0.325 e. The highest BCUT2D eigenvalue weighted by atomic mass is 35.5. The van der Waals surface area contributed by atoms with E-state index in [1.807, 2.05) is 43.3 Å². The molecule has 0 unspecified atom stereocenters. The summed E-state index contributed by atoms with van der Waals surface area (Å²) in [6.45, 7) is 1.86. The van der Waals surface area contributed by atoms with Crippen molar-refractivity contribution in [1.29, 1.82) is 0 Å². The molecule has 0 aliphatic rings. The number of aryl methyl sites for hydroxylation is 2. The molecule has 140 valence electrons. The summed E-state index contributed by atoms with van der Waals surface area (Å²) in [7, 11) is 1.33. The number of benzene rings is 2. The van der Waals surface area contributed by atoms with Crippen LogP contribution in [0.15, 0.2) is 47.5 Å². The zero-order valence-electron chi connectivity index (χ0n) is 15.1. The molecule has 3 aromatic rings. The summed E-state index contributed by atoms with van der Waals surface area (Å²) in [6, 6.07) is 13.5. The van der Waals surface area contributed by atoms with Gasteiger partial charge in [0.1, 0.15) is 6.54 Å². The van der Waals surface area contributed by atoms with Gasteiger partial charge in [0.15, 0.2) is 4.80 Å². The van der Waals surface area contributed by atoms with Gasteiger partial charge in [-0.05, 0) is 36.6 Å². The SMILES string of the molecule is COC(=O)Cn1c(=NC(=O)CCc2ccccc2)sc2ccc(Cl)c(C)c21. The van der Waals surface area contributed by atoms with Crippen molar-refractivity contribution in [2.75, 3.05) is 7.11 Å². The van der Waals surface area contributed by atoms with Crippen molar-refractivity contribution in [3.8, 4) is 0 Å². The molecule has 0 saturated carbocycles. The number of fused-ring (bicyclic) bond motifs is 1. The molecule has 0 atom stereocenters. The third-order valence-corrected chi connectivity index (χ3v) is 5.69. The molecule has 0 radical (unpaired) electrons. The molecule has 7 heteroatoms. The van der Waals surface area contributed by atoms with Crippen LogP contribution in [0.1, 0.15) is 17.5 Å². The average molecular weight is 403 g/mol. The molecule has 0 aliphatic heterocycles. The van der Waals surface area contributed by atoms with Crippen LogP contribution in [-0.2, 0) is 27.3 Å². The predicted molar refractivity (Wildman–Crippen MR) is 107 cm³/mol. The van der Waals surface area contributed by atoms with Crippen LogP contribution in [0.2, 0.25) is 5.02 Å². The Balaban J connectivity index is 1.97. The number of rotatable bonds is 5. The van der Waals surface area contributed by atoms with E-state index in [1.165, 1.54) is 18.4 Å². The molecule has 1 heterocycles. The third-order valence-electron chi connectivity index (χ3n) is 4.24. The number of hydrogen-bond donors (Lipinski definition) is 0. The number of amides is 1. The van der Waals surface area contributed by atoms with Crippen molar-refractivity contribution in [3.05, 3.63) is 63.4 Å². The number of carbonyl (C=O) groups excluding carboxylic acids is 2. The fourth-order valence-corrected chi connectivity index (χ4v) is 4.06. The maximum atomic E-state index is 12.4. The van der Waals surface area contributed by atoms with Gasteiger partial charge in [-0.3, -0.25) is 9.59 Å². The minimum Gasteiger partial charge on any atom is -0.468 e. The highest BCUT2D eigenvalue weighted by Gasteiger charge is 2.15. The summed E-state index contributed by atoms with van der Waals surface area (Å²) in [5, 5.41) is 0.598. The molecule has 0 fully saturated rings. The molecule has 0 N–H and O–H groups in total. The van der Waals surface area contributed by atoms with E-state index in [0.29, 0.717) is 22.7 Å². The van der Waals surface area contributed by atoms with Gasteiger partial charge in [-0.1, -0.05) is 53.3 Å². The lowest BCUT2D eigenvalue weighted by Crippen LogP contribution is -2.22. The van der Waals surface area contributed by atoms with Crippen molar-refractivity contribution >= 4 is 45.0 Å². The number of ether oxygens (including phenoxy) is 1. The van der Waals surface area contributed by atoms with Gasteiger partial charge in [0.25, 0.3) is 0 Å². The van der Waals surface area contributed by atoms with Gasteiger partial charge in [0.05, 0.1) is 17.3 Å². The van der Waals surface area contributed by atoms with Crippen molar-refractivity contribution in [3.63, 3.8) is 0 Å². The minimum atomic E-state index is -0.410. The van der Waals surface area contributed by atoms with Crippen LogP contribution < -0.4 is 4.80 Å². The van der Waals surface area contributed by atoms with E-state index in [9.17, 15) is 9.59 Å². The van der Waals surface area contributed by atoms with Gasteiger partial charge in [-0.2, -0.15) is 4.99 Å². The molecule has 1 aromatic heterocycles. The molecule has 0 bridgehead atoms. The largest absolute Gasteiger partial charge is 0.468 e. The number of thiazole rings is 1. The summed E-state index contributed by atoms with van der Waals surface area (Å²) in [6.07, 6.45) is 0.923. The van der Waals surface area contributed by atoms with Crippen LogP contribution in [0.4, 0.5) is 0 Å². The molecular weight excluding hydrogens is 384 g/mol. The molecule has 2 aromatic carbocycles. The molecule has 3 rings (SSSR count). The maximum Gasteiger partial charge on any atom is 0.325 e. The summed E-state index contributed by atoms with van der Waals surface area (Å²) in [5.74, 6) is -0.639. The Kier molecular flexibility index (Phi) is 6.08. The molecule has 1 amide bonds. The van der Waals surface area contributed by atoms with Crippen LogP contribution in [0.25, 0.3) is 10.2 Å². The highest BCUT2D eigenvalue weighted by molar-refractivity contribution is 7.16. The Morgan fingerprint density at radius 3 is 2.63 bits per heavy atom. The first-order valence-electron chi connectivity index (χ1n) is 8.46. The van der Waals surface area contributed by atoms with Crippen LogP contribution in [0.5, 0.6) is 0 Å². The highest BCUT2D eigenvalue weighted by Crippen LogP contribution is 2.27. The Morgan fingerprint density at radius 1 is 1.19 bits per heavy atom. The van der Waals surface area contributed by atoms with Gasteiger partial charge >= 0.3 is 5.97 Å². The van der Waals surface area contributed by atoms with E-state index in [2.05, 4.69) is 4.99 Å². The van der Waals surface area contributed by atoms with E-state index in [0.717, 1.165) is 21.3 Å². The lowest BCUT2D eigenvalue weighted by atomic mass is 10.1. The van der Waals surface area contributed by atoms with Gasteiger partial charge in [0.2, 0.25) is 5.91 Å². The lowest BCUT2D eigenvalue weighted by molar-refractivity contribution is -0.141. The van der Waals surface area contributed by atoms with E-state index in [-0.39, 0.29) is 12.5 Å². The van der Waals surface area contributed by atoms with Crippen molar-refractivity contribution < 1.29 is 14.3 Å². The van der Waals surface area contributed by atoms with E-state index >= 15 is 0 Å². The number of halogens is 1. The molecule has 0 aliphatic carbocycles. The van der Waals surface area contributed by atoms with Crippen LogP contribution in [0.3, 0.4) is 0 Å². The first-order valence-corrected chi connectivity index (χ1v) is 9.65. The number of methoxy groups -OCH3 is 1. The zero-order valence-corrected chi connectivity index (χ0v) is 16.6. The number of hydrogen-bond acceptors (Lipinski definition) is 4. The van der Waals surface area contributed by atoms with E-state index < -0.39 is 5.97 Å². The van der Waals surface area contributed by atoms with Crippen LogP contribution in [-0.4, -0.2) is 23.6 Å². The second-order valence-electron chi connectivity index (χ2n) is 6.06. The molecule has 5 nitrogen and oxygen atoms in total. The number of esters is 1. The third kappa shape index (κ3) is 4.46. The standard InChI is InChI=1S/C20H19ClN2O3S/c1-13-15(21)9-10-16-19(13)23(12-18(25)26-2)20(27-16)22-17(24)11-8-14-6-4-3-5-7-14/h3-7,9-10H,8,11-12H2,1-2H3. The number of carbonyl (C=O) groups is 2. The first kappa shape index (κ1) is 19.3. The summed E-state index contributed by atoms with van der Waals surface area (Å²) >= 11 is 7.60. The second kappa shape index (κ2) is 8.50. The van der Waals surface area contributed by atoms with E-state index in [1.54, 1.807) is 10.6 Å². The maximum absolute atomic E-state index is 12.4. The Morgan fingerprint density at radius 2 is 1.93 bits per heavy atom. The fraction of sp³-hybridized carbons (Fsp3) is 0.250. The van der Waals surface area contributed by atoms with Crippen molar-refractivity contribution in [2.24, 2.45) is 4.99 Å². The van der Waals surface area contributed by atoms with Gasteiger partial charge in [-0.15, -0.1) is 0 Å². The molecule has 27 heavy (non-hydrogen) atoms. The number of nitrogens with zero attached hydrogens (tertiary/aromatic N) is 2. The first-order chi connectivity index (χ1) is 13.0. The Bertz CT molecular complexity index is 1050. The quantitative estimate of drug-likeness (QED) is 0.608. The van der Waals surface area contributed by atoms with Crippen LogP contribution >= 0.6 is 22.9 Å². The molecular formula is C20H19ClN2O3S. The van der Waals surface area contributed by atoms with Gasteiger partial charge in [-0.25, -0.2) is 0 Å². The fourth-order valence-electron chi connectivity index (χ4n) is 2.80. The monoisotopic (exact) mass is 402 g/mol. The Hall–Kier alpha value is -2.44. The Labute approximate surface area is 165 Å². The van der Waals surface area contributed by atoms with E-state index in [4.69, 9.17) is 16.3 Å². The van der Waals surface area contributed by atoms with Crippen molar-refractivity contribution in [1.82, 2.24) is 4.57 Å². The van der Waals surface area contributed by atoms with Crippen LogP contribution in [0, 0.1) is 6.92 Å². The zero-order chi connectivity index (χ0) is 19.4. The lowest BCUT2D eigenvalue weighted by Gasteiger charge is -2.07. The topological polar surface area (TPSA) is 60.7 Å². The second-order valence-corrected chi connectivity index (χ2v) is 7.47. The normalized spacial score (nSPS) is 11.7. The van der Waals surface area contributed by atoms with Gasteiger partial charge in [0, 0.05) is 11.4 Å². The van der Waals surface area contributed by atoms with Gasteiger partial charge < -0.3 is 9.30 Å². The minimum absolute atomic E-state index is 0.0253.